The summed E-state index contributed by atoms with van der Waals surface area (Å²) in [6.45, 7) is 0. The Bertz CT molecular complexity index is 108. The Kier molecular flexibility index (Phi) is 4.45. The number of nitrogens with one attached hydrogen (secondary N) is 1. The van der Waals surface area contributed by atoms with Crippen molar-refractivity contribution in [2.75, 3.05) is 0 Å². The van der Waals surface area contributed by atoms with Gasteiger partial charge in [0.15, 0.2) is 0 Å². The third-order valence-corrected chi connectivity index (χ3v) is 2.04. The van der Waals surface area contributed by atoms with Gasteiger partial charge in [-0.1, -0.05) is 19.3 Å². The molecule has 0 saturated heterocycles. The Balaban J connectivity index is 0.000000810. The number of halogens is 1. The van der Waals surface area contributed by atoms with Gasteiger partial charge in [0.2, 0.25) is 0 Å². The fraction of sp³-hybridized carbons (Fsp3) is 0.857. The Morgan fingerprint density at radius 2 is 1.70 bits per heavy atom. The molecule has 3 N–H and O–H groups in total. The van der Waals surface area contributed by atoms with Gasteiger partial charge in [-0.2, -0.15) is 0 Å². The molecule has 10 heavy (non-hydrogen) atoms. The summed E-state index contributed by atoms with van der Waals surface area (Å²) in [4.78, 5) is 0. The van der Waals surface area contributed by atoms with Crippen molar-refractivity contribution >= 4 is 18.2 Å². The molecule has 1 aliphatic carbocycles. The average Bonchev–Trinajstić information content (AvgIpc) is 1.90. The molecule has 1 rings (SSSR count). The predicted molar refractivity (Wildman–Crippen MR) is 45.7 cm³/mol. The van der Waals surface area contributed by atoms with Gasteiger partial charge >= 0.3 is 0 Å². The Morgan fingerprint density at radius 1 is 1.20 bits per heavy atom. The minimum Gasteiger partial charge on any atom is -0.387 e. The first-order valence-corrected chi connectivity index (χ1v) is 3.64. The number of hydrogen-bond acceptors (Lipinski definition) is 1. The summed E-state index contributed by atoms with van der Waals surface area (Å²) < 4.78 is 0. The van der Waals surface area contributed by atoms with Crippen LogP contribution >= 0.6 is 12.4 Å². The molecule has 1 saturated carbocycles. The van der Waals surface area contributed by atoms with Crippen LogP contribution in [0, 0.1) is 11.3 Å². The minimum absolute atomic E-state index is 0. The molecule has 1 aliphatic rings. The van der Waals surface area contributed by atoms with Crippen molar-refractivity contribution in [1.82, 2.24) is 0 Å². The highest BCUT2D eigenvalue weighted by Crippen LogP contribution is 2.22. The monoisotopic (exact) mass is 162 g/mol. The molecule has 0 unspecified atom stereocenters. The lowest BCUT2D eigenvalue weighted by Crippen LogP contribution is -2.24. The Hall–Kier alpha value is -0.240. The minimum atomic E-state index is 0. The van der Waals surface area contributed by atoms with E-state index < -0.39 is 0 Å². The van der Waals surface area contributed by atoms with Crippen LogP contribution in [-0.2, 0) is 0 Å². The highest BCUT2D eigenvalue weighted by molar-refractivity contribution is 5.85. The van der Waals surface area contributed by atoms with E-state index >= 15 is 0 Å². The lowest BCUT2D eigenvalue weighted by atomic mass is 9.89. The predicted octanol–water partition coefficient (Wildman–Crippen LogP) is 1.92. The van der Waals surface area contributed by atoms with Gasteiger partial charge in [-0.05, 0) is 12.8 Å². The van der Waals surface area contributed by atoms with E-state index in [1.165, 1.54) is 19.3 Å². The summed E-state index contributed by atoms with van der Waals surface area (Å²) in [6, 6.07) is 0. The zero-order valence-corrected chi connectivity index (χ0v) is 6.91. The van der Waals surface area contributed by atoms with Crippen molar-refractivity contribution in [2.45, 2.75) is 32.1 Å². The lowest BCUT2D eigenvalue weighted by molar-refractivity contribution is 0.436. The smallest absolute Gasteiger partial charge is 0.0936 e. The van der Waals surface area contributed by atoms with Gasteiger partial charge in [0, 0.05) is 5.92 Å². The van der Waals surface area contributed by atoms with Crippen LogP contribution in [0.15, 0.2) is 0 Å². The molecule has 1 fully saturated rings. The number of rotatable bonds is 1. The van der Waals surface area contributed by atoms with Crippen LogP contribution in [0.3, 0.4) is 0 Å². The van der Waals surface area contributed by atoms with Crippen LogP contribution < -0.4 is 5.73 Å². The summed E-state index contributed by atoms with van der Waals surface area (Å²) >= 11 is 0. The molecule has 0 aliphatic heterocycles. The topological polar surface area (TPSA) is 49.9 Å². The molecule has 0 amide bonds. The molecule has 3 heteroatoms. The normalized spacial score (nSPS) is 19.6. The zero-order valence-electron chi connectivity index (χ0n) is 6.10. The molecule has 2 nitrogen and oxygen atoms in total. The van der Waals surface area contributed by atoms with E-state index in [9.17, 15) is 0 Å². The van der Waals surface area contributed by atoms with Crippen molar-refractivity contribution < 1.29 is 0 Å². The summed E-state index contributed by atoms with van der Waals surface area (Å²) in [5, 5.41) is 7.17. The fourth-order valence-corrected chi connectivity index (χ4v) is 1.41. The van der Waals surface area contributed by atoms with E-state index in [0.29, 0.717) is 11.8 Å². The standard InChI is InChI=1S/C7H14N2.ClH/c8-7(9)6-4-2-1-3-5-6;/h6H,1-5H2,(H3,8,9);1H. The quantitative estimate of drug-likeness (QED) is 0.449. The molecular weight excluding hydrogens is 148 g/mol. The maximum Gasteiger partial charge on any atom is 0.0936 e. The molecule has 0 aromatic carbocycles. The van der Waals surface area contributed by atoms with E-state index in [-0.39, 0.29) is 12.4 Å². The third-order valence-electron chi connectivity index (χ3n) is 2.04. The van der Waals surface area contributed by atoms with Crippen molar-refractivity contribution in [3.63, 3.8) is 0 Å². The van der Waals surface area contributed by atoms with Crippen molar-refractivity contribution in [2.24, 2.45) is 11.7 Å². The van der Waals surface area contributed by atoms with Gasteiger partial charge in [0.1, 0.15) is 0 Å². The van der Waals surface area contributed by atoms with Gasteiger partial charge in [-0.25, -0.2) is 0 Å². The molecule has 0 bridgehead atoms. The summed E-state index contributed by atoms with van der Waals surface area (Å²) in [7, 11) is 0. The van der Waals surface area contributed by atoms with Crippen molar-refractivity contribution in [1.29, 1.82) is 5.41 Å². The molecule has 0 radical (unpaired) electrons. The molecule has 0 aromatic rings. The van der Waals surface area contributed by atoms with E-state index in [2.05, 4.69) is 0 Å². The van der Waals surface area contributed by atoms with Crippen molar-refractivity contribution in [3.8, 4) is 0 Å². The van der Waals surface area contributed by atoms with Gasteiger partial charge < -0.3 is 5.73 Å². The number of hydrogen-bond donors (Lipinski definition) is 2. The van der Waals surface area contributed by atoms with Crippen molar-refractivity contribution in [3.05, 3.63) is 0 Å². The maximum atomic E-state index is 7.17. The molecule has 0 atom stereocenters. The Labute approximate surface area is 68.1 Å². The SMILES string of the molecule is Cl.N=C(N)C1CCCCC1. The molecule has 0 heterocycles. The molecular formula is C7H15ClN2. The second kappa shape index (κ2) is 4.56. The maximum absolute atomic E-state index is 7.17. The summed E-state index contributed by atoms with van der Waals surface area (Å²) in [5.74, 6) is 0.813. The highest BCUT2D eigenvalue weighted by Gasteiger charge is 2.14. The summed E-state index contributed by atoms with van der Waals surface area (Å²) in [6.07, 6.45) is 6.17. The van der Waals surface area contributed by atoms with E-state index in [4.69, 9.17) is 11.1 Å². The number of nitrogens with two attached hydrogens (primary N) is 1. The van der Waals surface area contributed by atoms with E-state index in [1.54, 1.807) is 0 Å². The molecule has 0 aromatic heterocycles. The fourth-order valence-electron chi connectivity index (χ4n) is 1.41. The van der Waals surface area contributed by atoms with E-state index in [0.717, 1.165) is 12.8 Å². The largest absolute Gasteiger partial charge is 0.387 e. The van der Waals surface area contributed by atoms with Crippen LogP contribution in [0.25, 0.3) is 0 Å². The van der Waals surface area contributed by atoms with E-state index in [1.807, 2.05) is 0 Å². The second-order valence-electron chi connectivity index (χ2n) is 2.79. The second-order valence-corrected chi connectivity index (χ2v) is 2.79. The number of amidine groups is 1. The average molecular weight is 163 g/mol. The van der Waals surface area contributed by atoms with Gasteiger partial charge in [0.05, 0.1) is 5.84 Å². The van der Waals surface area contributed by atoms with Crippen LogP contribution in [0.4, 0.5) is 0 Å². The van der Waals surface area contributed by atoms with Crippen LogP contribution in [0.1, 0.15) is 32.1 Å². The lowest BCUT2D eigenvalue weighted by Gasteiger charge is -2.19. The first kappa shape index (κ1) is 9.76. The molecule has 0 spiro atoms. The molecule has 60 valence electrons. The van der Waals surface area contributed by atoms with Crippen LogP contribution in [-0.4, -0.2) is 5.84 Å². The van der Waals surface area contributed by atoms with Gasteiger partial charge in [-0.3, -0.25) is 5.41 Å². The zero-order chi connectivity index (χ0) is 6.69. The first-order valence-electron chi connectivity index (χ1n) is 3.64. The van der Waals surface area contributed by atoms with Crippen LogP contribution in [0.5, 0.6) is 0 Å². The van der Waals surface area contributed by atoms with Gasteiger partial charge in [0.25, 0.3) is 0 Å². The third kappa shape index (κ3) is 2.56. The first-order chi connectivity index (χ1) is 4.30. The Morgan fingerprint density at radius 3 is 2.00 bits per heavy atom. The van der Waals surface area contributed by atoms with Gasteiger partial charge in [-0.15, -0.1) is 12.4 Å². The highest BCUT2D eigenvalue weighted by atomic mass is 35.5. The van der Waals surface area contributed by atoms with Crippen LogP contribution in [0.2, 0.25) is 0 Å². The summed E-state index contributed by atoms with van der Waals surface area (Å²) in [5.41, 5.74) is 5.35.